The lowest BCUT2D eigenvalue weighted by Crippen LogP contribution is -2.10. The van der Waals surface area contributed by atoms with E-state index in [0.29, 0.717) is 10.9 Å². The molecule has 0 aromatic carbocycles. The lowest BCUT2D eigenvalue weighted by molar-refractivity contribution is 1.20. The highest BCUT2D eigenvalue weighted by molar-refractivity contribution is 9.08. The van der Waals surface area contributed by atoms with Gasteiger partial charge in [0.25, 0.3) is 5.56 Å². The summed E-state index contributed by atoms with van der Waals surface area (Å²) in [6.45, 7) is 0. The van der Waals surface area contributed by atoms with Crippen molar-refractivity contribution in [3.05, 3.63) is 52.7 Å². The number of halogens is 1. The standard InChI is InChI=1S/C11H9BrN2O/c12-6-8-3-5-14-11(15)10(8)9-2-1-4-13-7-9/h1-5,7H,6H2,(H,14,15). The third-order valence-corrected chi connectivity index (χ3v) is 2.75. The number of alkyl halides is 1. The first-order valence-corrected chi connectivity index (χ1v) is 5.62. The fraction of sp³-hybridized carbons (Fsp3) is 0.0909. The van der Waals surface area contributed by atoms with Gasteiger partial charge in [0.1, 0.15) is 0 Å². The van der Waals surface area contributed by atoms with E-state index in [-0.39, 0.29) is 5.56 Å². The summed E-state index contributed by atoms with van der Waals surface area (Å²) in [7, 11) is 0. The number of nitrogens with one attached hydrogen (secondary N) is 1. The van der Waals surface area contributed by atoms with Crippen LogP contribution in [0.2, 0.25) is 0 Å². The molecular formula is C11H9BrN2O. The summed E-state index contributed by atoms with van der Waals surface area (Å²) in [5, 5.41) is 0.654. The van der Waals surface area contributed by atoms with Gasteiger partial charge < -0.3 is 4.98 Å². The molecule has 2 aromatic rings. The van der Waals surface area contributed by atoms with Gasteiger partial charge in [0.2, 0.25) is 0 Å². The first-order chi connectivity index (χ1) is 7.33. The number of aromatic amines is 1. The lowest BCUT2D eigenvalue weighted by atomic mass is 10.1. The Kier molecular flexibility index (Phi) is 2.97. The van der Waals surface area contributed by atoms with Crippen LogP contribution < -0.4 is 5.56 Å². The van der Waals surface area contributed by atoms with E-state index < -0.39 is 0 Å². The number of aromatic nitrogens is 2. The Bertz CT molecular complexity index is 507. The van der Waals surface area contributed by atoms with Crippen molar-refractivity contribution in [3.63, 3.8) is 0 Å². The van der Waals surface area contributed by atoms with Crippen LogP contribution >= 0.6 is 15.9 Å². The molecule has 0 saturated carbocycles. The minimum absolute atomic E-state index is 0.0834. The molecular weight excluding hydrogens is 256 g/mol. The normalized spacial score (nSPS) is 10.2. The number of pyridine rings is 2. The molecule has 0 amide bonds. The highest BCUT2D eigenvalue weighted by Crippen LogP contribution is 2.19. The number of nitrogens with zero attached hydrogens (tertiary/aromatic N) is 1. The molecule has 0 atom stereocenters. The maximum atomic E-state index is 11.7. The topological polar surface area (TPSA) is 45.8 Å². The number of H-pyrrole nitrogens is 1. The van der Waals surface area contributed by atoms with Crippen molar-refractivity contribution in [2.45, 2.75) is 5.33 Å². The molecule has 1 N–H and O–H groups in total. The van der Waals surface area contributed by atoms with Crippen molar-refractivity contribution in [3.8, 4) is 11.1 Å². The monoisotopic (exact) mass is 264 g/mol. The SMILES string of the molecule is O=c1[nH]ccc(CBr)c1-c1cccnc1. The molecule has 0 bridgehead atoms. The van der Waals surface area contributed by atoms with Gasteiger partial charge in [0.15, 0.2) is 0 Å². The maximum absolute atomic E-state index is 11.7. The van der Waals surface area contributed by atoms with Crippen LogP contribution in [0.25, 0.3) is 11.1 Å². The Morgan fingerprint density at radius 1 is 1.40 bits per heavy atom. The van der Waals surface area contributed by atoms with Gasteiger partial charge in [-0.05, 0) is 17.7 Å². The van der Waals surface area contributed by atoms with Crippen LogP contribution in [0.15, 0.2) is 41.6 Å². The second-order valence-electron chi connectivity index (χ2n) is 3.08. The third-order valence-electron chi connectivity index (χ3n) is 2.14. The van der Waals surface area contributed by atoms with E-state index >= 15 is 0 Å². The molecule has 3 nitrogen and oxygen atoms in total. The van der Waals surface area contributed by atoms with E-state index in [4.69, 9.17) is 0 Å². The molecule has 2 rings (SSSR count). The van der Waals surface area contributed by atoms with Crippen LogP contribution in [0.1, 0.15) is 5.56 Å². The molecule has 4 heteroatoms. The van der Waals surface area contributed by atoms with Gasteiger partial charge in [0.05, 0.1) is 5.56 Å². The van der Waals surface area contributed by atoms with Gasteiger partial charge >= 0.3 is 0 Å². The second kappa shape index (κ2) is 4.40. The van der Waals surface area contributed by atoms with E-state index in [1.807, 2.05) is 18.2 Å². The highest BCUT2D eigenvalue weighted by atomic mass is 79.9. The first-order valence-electron chi connectivity index (χ1n) is 4.50. The van der Waals surface area contributed by atoms with E-state index in [9.17, 15) is 4.79 Å². The lowest BCUT2D eigenvalue weighted by Gasteiger charge is -2.04. The van der Waals surface area contributed by atoms with Crippen LogP contribution in [0.3, 0.4) is 0 Å². The predicted octanol–water partition coefficient (Wildman–Crippen LogP) is 2.33. The van der Waals surface area contributed by atoms with Crippen molar-refractivity contribution >= 4 is 15.9 Å². The Hall–Kier alpha value is -1.42. The summed E-state index contributed by atoms with van der Waals surface area (Å²) in [5.41, 5.74) is 2.41. The average molecular weight is 265 g/mol. The summed E-state index contributed by atoms with van der Waals surface area (Å²) in [6.07, 6.45) is 5.03. The zero-order valence-electron chi connectivity index (χ0n) is 7.90. The van der Waals surface area contributed by atoms with E-state index in [1.54, 1.807) is 18.6 Å². The quantitative estimate of drug-likeness (QED) is 0.847. The molecule has 76 valence electrons. The smallest absolute Gasteiger partial charge is 0.256 e. The molecule has 0 spiro atoms. The number of hydrogen-bond donors (Lipinski definition) is 1. The van der Waals surface area contributed by atoms with Crippen molar-refractivity contribution in [1.82, 2.24) is 9.97 Å². The third kappa shape index (κ3) is 1.99. The summed E-state index contributed by atoms with van der Waals surface area (Å²) in [6, 6.07) is 5.59. The number of rotatable bonds is 2. The Balaban J connectivity index is 2.67. The van der Waals surface area contributed by atoms with Crippen LogP contribution in [0.4, 0.5) is 0 Å². The first kappa shape index (κ1) is 10.1. The molecule has 2 aromatic heterocycles. The van der Waals surface area contributed by atoms with Gasteiger partial charge in [0, 0.05) is 29.5 Å². The fourth-order valence-electron chi connectivity index (χ4n) is 1.46. The molecule has 0 aliphatic rings. The van der Waals surface area contributed by atoms with Crippen molar-refractivity contribution in [2.75, 3.05) is 0 Å². The summed E-state index contributed by atoms with van der Waals surface area (Å²) >= 11 is 3.37. The minimum Gasteiger partial charge on any atom is -0.329 e. The van der Waals surface area contributed by atoms with Gasteiger partial charge in [-0.25, -0.2) is 0 Å². The minimum atomic E-state index is -0.0834. The van der Waals surface area contributed by atoms with Crippen molar-refractivity contribution in [2.24, 2.45) is 0 Å². The molecule has 0 aliphatic carbocycles. The van der Waals surface area contributed by atoms with Crippen LogP contribution in [0.5, 0.6) is 0 Å². The van der Waals surface area contributed by atoms with Gasteiger partial charge in [-0.15, -0.1) is 0 Å². The largest absolute Gasteiger partial charge is 0.329 e. The summed E-state index contributed by atoms with van der Waals surface area (Å²) in [5.74, 6) is 0. The molecule has 0 unspecified atom stereocenters. The van der Waals surface area contributed by atoms with E-state index in [2.05, 4.69) is 25.9 Å². The Morgan fingerprint density at radius 2 is 2.27 bits per heavy atom. The second-order valence-corrected chi connectivity index (χ2v) is 3.64. The maximum Gasteiger partial charge on any atom is 0.256 e. The van der Waals surface area contributed by atoms with E-state index in [1.165, 1.54) is 0 Å². The zero-order valence-corrected chi connectivity index (χ0v) is 9.49. The highest BCUT2D eigenvalue weighted by Gasteiger charge is 2.07. The van der Waals surface area contributed by atoms with Gasteiger partial charge in [-0.1, -0.05) is 22.0 Å². The van der Waals surface area contributed by atoms with Crippen LogP contribution in [-0.4, -0.2) is 9.97 Å². The molecule has 15 heavy (non-hydrogen) atoms. The predicted molar refractivity (Wildman–Crippen MR) is 62.9 cm³/mol. The molecule has 0 aliphatic heterocycles. The fourth-order valence-corrected chi connectivity index (χ4v) is 1.93. The molecule has 0 saturated heterocycles. The average Bonchev–Trinajstić information content (AvgIpc) is 2.29. The zero-order chi connectivity index (χ0) is 10.7. The Labute approximate surface area is 95.3 Å². The molecule has 0 fully saturated rings. The van der Waals surface area contributed by atoms with Crippen LogP contribution in [-0.2, 0) is 5.33 Å². The van der Waals surface area contributed by atoms with Gasteiger partial charge in [-0.3, -0.25) is 9.78 Å². The molecule has 2 heterocycles. The van der Waals surface area contributed by atoms with Crippen LogP contribution in [0, 0.1) is 0 Å². The molecule has 0 radical (unpaired) electrons. The van der Waals surface area contributed by atoms with E-state index in [0.717, 1.165) is 11.1 Å². The Morgan fingerprint density at radius 3 is 2.93 bits per heavy atom. The van der Waals surface area contributed by atoms with Gasteiger partial charge in [-0.2, -0.15) is 0 Å². The number of hydrogen-bond acceptors (Lipinski definition) is 2. The van der Waals surface area contributed by atoms with Crippen molar-refractivity contribution in [1.29, 1.82) is 0 Å². The summed E-state index contributed by atoms with van der Waals surface area (Å²) < 4.78 is 0. The summed E-state index contributed by atoms with van der Waals surface area (Å²) in [4.78, 5) is 18.4. The van der Waals surface area contributed by atoms with Crippen molar-refractivity contribution < 1.29 is 0 Å².